The van der Waals surface area contributed by atoms with E-state index in [0.29, 0.717) is 28.4 Å². The molecule has 2 heterocycles. The van der Waals surface area contributed by atoms with Crippen molar-refractivity contribution in [1.29, 1.82) is 0 Å². The minimum atomic E-state index is -3.73. The minimum Gasteiger partial charge on any atom is -0.497 e. The molecule has 3 N–H and O–H groups in total. The van der Waals surface area contributed by atoms with Gasteiger partial charge in [0.2, 0.25) is 5.91 Å². The van der Waals surface area contributed by atoms with E-state index in [4.69, 9.17) is 9.47 Å². The fourth-order valence-corrected chi connectivity index (χ4v) is 6.99. The maximum atomic E-state index is 13.4. The third-order valence-electron chi connectivity index (χ3n) is 7.12. The Hall–Kier alpha value is -3.65. The van der Waals surface area contributed by atoms with Crippen molar-refractivity contribution >= 4 is 44.7 Å². The summed E-state index contributed by atoms with van der Waals surface area (Å²) in [6.45, 7) is 3.73. The molecule has 0 saturated carbocycles. The molecule has 42 heavy (non-hydrogen) atoms. The summed E-state index contributed by atoms with van der Waals surface area (Å²) in [7, 11) is -0.666. The molecule has 0 radical (unpaired) electrons. The topological polar surface area (TPSA) is 138 Å². The van der Waals surface area contributed by atoms with Crippen molar-refractivity contribution in [2.75, 3.05) is 44.5 Å². The number of ether oxygens (including phenoxy) is 2. The first-order valence-corrected chi connectivity index (χ1v) is 15.8. The lowest BCUT2D eigenvalue weighted by Crippen LogP contribution is -2.48. The number of amides is 3. The highest BCUT2D eigenvalue weighted by Crippen LogP contribution is 2.30. The SMILES string of the molecule is COc1ccc(NC(=O)Nc2ccc3c(c2)CC(=O)N([C@@H](C)CO)C[C@H](C)[C@H](CN(C)S(=O)(=O)c2cccs2)O3)cc1. The van der Waals surface area contributed by atoms with Gasteiger partial charge in [0, 0.05) is 36.4 Å². The van der Waals surface area contributed by atoms with Gasteiger partial charge < -0.3 is 30.1 Å². The van der Waals surface area contributed by atoms with Crippen molar-refractivity contribution in [3.05, 3.63) is 65.5 Å². The molecule has 0 unspecified atom stereocenters. The van der Waals surface area contributed by atoms with E-state index in [9.17, 15) is 23.1 Å². The smallest absolute Gasteiger partial charge is 0.323 e. The van der Waals surface area contributed by atoms with Gasteiger partial charge in [0.05, 0.1) is 32.7 Å². The van der Waals surface area contributed by atoms with Crippen LogP contribution < -0.4 is 20.1 Å². The van der Waals surface area contributed by atoms with Crippen LogP contribution >= 0.6 is 11.3 Å². The zero-order chi connectivity index (χ0) is 30.4. The quantitative estimate of drug-likeness (QED) is 0.332. The van der Waals surface area contributed by atoms with Crippen molar-refractivity contribution < 1.29 is 32.6 Å². The Bertz CT molecular complexity index is 1480. The number of methoxy groups -OCH3 is 1. The van der Waals surface area contributed by atoms with Crippen LogP contribution in [0.1, 0.15) is 19.4 Å². The summed E-state index contributed by atoms with van der Waals surface area (Å²) in [6.07, 6.45) is -0.641. The lowest BCUT2D eigenvalue weighted by Gasteiger charge is -2.33. The molecule has 1 aliphatic heterocycles. The van der Waals surface area contributed by atoms with Gasteiger partial charge in [-0.15, -0.1) is 11.3 Å². The number of nitrogens with one attached hydrogen (secondary N) is 2. The summed E-state index contributed by atoms with van der Waals surface area (Å²) < 4.78 is 39.4. The Kier molecular flexibility index (Phi) is 10.1. The Morgan fingerprint density at radius 2 is 1.88 bits per heavy atom. The summed E-state index contributed by atoms with van der Waals surface area (Å²) >= 11 is 1.14. The van der Waals surface area contributed by atoms with Gasteiger partial charge in [-0.1, -0.05) is 13.0 Å². The van der Waals surface area contributed by atoms with Crippen LogP contribution in [0, 0.1) is 5.92 Å². The van der Waals surface area contributed by atoms with Gasteiger partial charge in [-0.05, 0) is 60.8 Å². The van der Waals surface area contributed by atoms with E-state index in [1.807, 2.05) is 6.92 Å². The number of hydrogen-bond acceptors (Lipinski definition) is 8. The Morgan fingerprint density at radius 3 is 2.52 bits per heavy atom. The number of nitrogens with zero attached hydrogens (tertiary/aromatic N) is 2. The van der Waals surface area contributed by atoms with Crippen molar-refractivity contribution in [3.63, 3.8) is 0 Å². The van der Waals surface area contributed by atoms with Crippen LogP contribution in [0.15, 0.2) is 64.2 Å². The molecule has 226 valence electrons. The molecule has 4 rings (SSSR count). The lowest BCUT2D eigenvalue weighted by molar-refractivity contribution is -0.134. The summed E-state index contributed by atoms with van der Waals surface area (Å²) in [4.78, 5) is 27.7. The van der Waals surface area contributed by atoms with E-state index in [1.54, 1.807) is 78.9 Å². The number of carbonyl (C=O) groups excluding carboxylic acids is 2. The summed E-state index contributed by atoms with van der Waals surface area (Å²) in [5, 5.41) is 17.1. The van der Waals surface area contributed by atoms with Crippen LogP contribution in [0.3, 0.4) is 0 Å². The number of aliphatic hydroxyl groups is 1. The molecule has 2 aromatic carbocycles. The Labute approximate surface area is 250 Å². The van der Waals surface area contributed by atoms with Crippen LogP contribution in [-0.2, 0) is 21.2 Å². The Morgan fingerprint density at radius 1 is 1.19 bits per heavy atom. The second-order valence-electron chi connectivity index (χ2n) is 10.2. The van der Waals surface area contributed by atoms with Crippen molar-refractivity contribution in [2.45, 2.75) is 36.6 Å². The average molecular weight is 617 g/mol. The molecule has 0 fully saturated rings. The maximum Gasteiger partial charge on any atom is 0.323 e. The van der Waals surface area contributed by atoms with E-state index in [2.05, 4.69) is 10.6 Å². The van der Waals surface area contributed by atoms with Gasteiger partial charge in [0.15, 0.2) is 0 Å². The number of carbonyl (C=O) groups is 2. The van der Waals surface area contributed by atoms with Crippen molar-refractivity contribution in [2.24, 2.45) is 5.92 Å². The average Bonchev–Trinajstić information content (AvgIpc) is 3.53. The number of aliphatic hydroxyl groups excluding tert-OH is 1. The molecule has 0 spiro atoms. The zero-order valence-corrected chi connectivity index (χ0v) is 25.6. The van der Waals surface area contributed by atoms with E-state index in [1.165, 1.54) is 11.4 Å². The van der Waals surface area contributed by atoms with E-state index < -0.39 is 28.2 Å². The zero-order valence-electron chi connectivity index (χ0n) is 23.9. The molecule has 11 nitrogen and oxygen atoms in total. The van der Waals surface area contributed by atoms with Gasteiger partial charge in [-0.25, -0.2) is 13.2 Å². The Balaban J connectivity index is 1.59. The van der Waals surface area contributed by atoms with Crippen LogP contribution in [-0.4, -0.2) is 80.7 Å². The van der Waals surface area contributed by atoms with Crippen LogP contribution in [0.5, 0.6) is 11.5 Å². The minimum absolute atomic E-state index is 0.0297. The molecule has 3 amide bonds. The number of sulfonamides is 1. The molecule has 0 saturated heterocycles. The molecule has 0 bridgehead atoms. The first-order chi connectivity index (χ1) is 20.0. The normalized spacial score (nSPS) is 18.2. The number of likely N-dealkylation sites (N-methyl/N-ethyl adjacent to an activating group) is 1. The number of urea groups is 1. The van der Waals surface area contributed by atoms with Gasteiger partial charge in [-0.3, -0.25) is 4.79 Å². The second-order valence-corrected chi connectivity index (χ2v) is 13.5. The second kappa shape index (κ2) is 13.6. The first-order valence-electron chi connectivity index (χ1n) is 13.4. The molecule has 1 aromatic heterocycles. The number of anilines is 2. The molecule has 13 heteroatoms. The summed E-state index contributed by atoms with van der Waals surface area (Å²) in [6, 6.07) is 14.2. The van der Waals surface area contributed by atoms with Crippen LogP contribution in [0.25, 0.3) is 0 Å². The first kappa shape index (κ1) is 31.3. The van der Waals surface area contributed by atoms with Gasteiger partial charge in [0.1, 0.15) is 21.8 Å². The predicted octanol–water partition coefficient (Wildman–Crippen LogP) is 3.87. The number of benzene rings is 2. The van der Waals surface area contributed by atoms with Gasteiger partial charge in [-0.2, -0.15) is 4.31 Å². The molecule has 1 aliphatic rings. The molecule has 3 atom stereocenters. The number of hydrogen-bond donors (Lipinski definition) is 3. The summed E-state index contributed by atoms with van der Waals surface area (Å²) in [5.74, 6) is 0.591. The fraction of sp³-hybridized carbons (Fsp3) is 0.379. The lowest BCUT2D eigenvalue weighted by atomic mass is 10.0. The third-order valence-corrected chi connectivity index (χ3v) is 10.3. The van der Waals surface area contributed by atoms with Crippen LogP contribution in [0.4, 0.5) is 16.2 Å². The van der Waals surface area contributed by atoms with Crippen molar-refractivity contribution in [3.8, 4) is 11.5 Å². The monoisotopic (exact) mass is 616 g/mol. The molecule has 3 aromatic rings. The molecular weight excluding hydrogens is 580 g/mol. The highest BCUT2D eigenvalue weighted by molar-refractivity contribution is 7.91. The number of thiophene rings is 1. The predicted molar refractivity (Wildman–Crippen MR) is 162 cm³/mol. The number of rotatable bonds is 9. The third kappa shape index (κ3) is 7.40. The fourth-order valence-electron chi connectivity index (χ4n) is 4.61. The van der Waals surface area contributed by atoms with E-state index in [-0.39, 0.29) is 42.2 Å². The summed E-state index contributed by atoms with van der Waals surface area (Å²) in [5.41, 5.74) is 1.54. The van der Waals surface area contributed by atoms with Crippen LogP contribution in [0.2, 0.25) is 0 Å². The van der Waals surface area contributed by atoms with Gasteiger partial charge >= 0.3 is 6.03 Å². The van der Waals surface area contributed by atoms with Crippen molar-refractivity contribution in [1.82, 2.24) is 9.21 Å². The standard InChI is InChI=1S/C29H36N4O7S2/c1-19-16-33(20(2)18-34)27(35)15-21-14-23(31-29(36)30-22-7-10-24(39-4)11-8-22)9-12-25(21)40-26(19)17-32(3)42(37,38)28-6-5-13-41-28/h5-14,19-20,26,34H,15-18H2,1-4H3,(H2,30,31,36)/t19-,20-,26-/m0/s1. The van der Waals surface area contributed by atoms with E-state index >= 15 is 0 Å². The number of fused-ring (bicyclic) bond motifs is 1. The highest BCUT2D eigenvalue weighted by Gasteiger charge is 2.33. The molecule has 0 aliphatic carbocycles. The molecular formula is C29H36N4O7S2. The largest absolute Gasteiger partial charge is 0.497 e. The van der Waals surface area contributed by atoms with Gasteiger partial charge in [0.25, 0.3) is 10.0 Å². The van der Waals surface area contributed by atoms with E-state index in [0.717, 1.165) is 11.3 Å². The maximum absolute atomic E-state index is 13.4. The highest BCUT2D eigenvalue weighted by atomic mass is 32.2.